The van der Waals surface area contributed by atoms with Crippen LogP contribution in [-0.2, 0) is 10.0 Å². The Morgan fingerprint density at radius 1 is 1.14 bits per heavy atom. The van der Waals surface area contributed by atoms with Crippen LogP contribution in [0.15, 0.2) is 53.8 Å². The number of pyridine rings is 1. The quantitative estimate of drug-likeness (QED) is 0.508. The summed E-state index contributed by atoms with van der Waals surface area (Å²) in [6.07, 6.45) is -0.935. The average Bonchev–Trinajstić information content (AvgIpc) is 3.35. The molecule has 0 amide bonds. The number of piperidine rings is 1. The molecule has 188 valence electrons. The topological polar surface area (TPSA) is 97.3 Å². The maximum Gasteiger partial charge on any atom is 0.391 e. The zero-order chi connectivity index (χ0) is 24.6. The lowest BCUT2D eigenvalue weighted by molar-refractivity contribution is -0.192. The number of sulfonamides is 1. The molecule has 13 heteroatoms. The summed E-state index contributed by atoms with van der Waals surface area (Å²) in [6.45, 7) is 0.563. The smallest absolute Gasteiger partial charge is 0.391 e. The molecule has 5 rings (SSSR count). The number of rotatable bonds is 5. The van der Waals surface area contributed by atoms with Gasteiger partial charge in [0.1, 0.15) is 12.1 Å². The van der Waals surface area contributed by atoms with Gasteiger partial charge in [0.2, 0.25) is 5.13 Å². The molecule has 1 N–H and O–H groups in total. The largest absolute Gasteiger partial charge is 0.493 e. The van der Waals surface area contributed by atoms with Gasteiger partial charge < -0.3 is 4.74 Å². The highest BCUT2D eigenvalue weighted by atomic mass is 32.2. The Hall–Kier alpha value is -2.77. The summed E-state index contributed by atoms with van der Waals surface area (Å²) in [5, 5.41) is 0.146. The molecule has 35 heavy (non-hydrogen) atoms. The Morgan fingerprint density at radius 2 is 2.00 bits per heavy atom. The van der Waals surface area contributed by atoms with Gasteiger partial charge in [0.15, 0.2) is 0 Å². The Kier molecular flexibility index (Phi) is 6.40. The van der Waals surface area contributed by atoms with Crippen LogP contribution in [0.1, 0.15) is 44.0 Å². The van der Waals surface area contributed by atoms with E-state index in [2.05, 4.69) is 24.0 Å². The third-order valence-electron chi connectivity index (χ3n) is 6.42. The van der Waals surface area contributed by atoms with Crippen molar-refractivity contribution in [2.75, 3.05) is 17.9 Å². The van der Waals surface area contributed by atoms with Gasteiger partial charge in [0, 0.05) is 49.8 Å². The van der Waals surface area contributed by atoms with Crippen molar-refractivity contribution >= 4 is 26.7 Å². The molecule has 0 unspecified atom stereocenters. The summed E-state index contributed by atoms with van der Waals surface area (Å²) in [6, 6.07) is 9.12. The van der Waals surface area contributed by atoms with Crippen LogP contribution in [0.3, 0.4) is 0 Å². The fraction of sp³-hybridized carbons (Fsp3) is 0.409. The van der Waals surface area contributed by atoms with Gasteiger partial charge in [-0.1, -0.05) is 12.1 Å². The highest BCUT2D eigenvalue weighted by molar-refractivity contribution is 7.93. The Bertz CT molecular complexity index is 1280. The van der Waals surface area contributed by atoms with E-state index in [1.807, 2.05) is 0 Å². The summed E-state index contributed by atoms with van der Waals surface area (Å²) in [4.78, 5) is 10.3. The minimum atomic E-state index is -4.27. The van der Waals surface area contributed by atoms with Crippen molar-refractivity contribution in [2.45, 2.75) is 42.4 Å². The van der Waals surface area contributed by atoms with Gasteiger partial charge in [0.05, 0.1) is 29.2 Å². The number of anilines is 1. The second-order valence-corrected chi connectivity index (χ2v) is 10.9. The Morgan fingerprint density at radius 3 is 2.71 bits per heavy atom. The van der Waals surface area contributed by atoms with Gasteiger partial charge in [-0.3, -0.25) is 14.6 Å². The normalized spacial score (nSPS) is 23.3. The van der Waals surface area contributed by atoms with Crippen molar-refractivity contribution < 1.29 is 27.8 Å². The molecule has 0 spiro atoms. The van der Waals surface area contributed by atoms with E-state index in [0.29, 0.717) is 24.5 Å². The van der Waals surface area contributed by atoms with Gasteiger partial charge in [-0.15, -0.1) is 0 Å². The maximum atomic E-state index is 13.6. The van der Waals surface area contributed by atoms with E-state index in [9.17, 15) is 21.6 Å². The fourth-order valence-electron chi connectivity index (χ4n) is 4.77. The maximum absolute atomic E-state index is 13.6. The van der Waals surface area contributed by atoms with Gasteiger partial charge in [-0.05, 0) is 31.0 Å². The molecule has 3 atom stereocenters. The zero-order valence-electron chi connectivity index (χ0n) is 18.4. The molecule has 0 saturated carbocycles. The highest BCUT2D eigenvalue weighted by Crippen LogP contribution is 2.47. The third kappa shape index (κ3) is 4.98. The average molecular weight is 528 g/mol. The molecule has 1 aromatic carbocycles. The first-order valence-electron chi connectivity index (χ1n) is 11.0. The number of alkyl halides is 3. The molecule has 1 saturated heterocycles. The predicted molar refractivity (Wildman–Crippen MR) is 125 cm³/mol. The number of nitrogens with one attached hydrogen (secondary N) is 1. The van der Waals surface area contributed by atoms with Crippen LogP contribution in [0.5, 0.6) is 5.75 Å². The van der Waals surface area contributed by atoms with E-state index in [1.54, 1.807) is 30.5 Å². The van der Waals surface area contributed by atoms with Crippen LogP contribution < -0.4 is 9.46 Å². The van der Waals surface area contributed by atoms with E-state index in [4.69, 9.17) is 4.74 Å². The summed E-state index contributed by atoms with van der Waals surface area (Å²) in [5.41, 5.74) is 1.34. The molecule has 4 heterocycles. The van der Waals surface area contributed by atoms with Crippen molar-refractivity contribution in [2.24, 2.45) is 5.92 Å². The molecular weight excluding hydrogens is 503 g/mol. The molecule has 2 aromatic heterocycles. The number of aromatic nitrogens is 3. The lowest BCUT2D eigenvalue weighted by Crippen LogP contribution is -2.44. The molecule has 1 fully saturated rings. The summed E-state index contributed by atoms with van der Waals surface area (Å²) in [5.74, 6) is -0.997. The highest BCUT2D eigenvalue weighted by Gasteiger charge is 2.47. The molecule has 8 nitrogen and oxygen atoms in total. The minimum absolute atomic E-state index is 0. The molecule has 0 aliphatic carbocycles. The number of hydrogen-bond acceptors (Lipinski definition) is 8. The van der Waals surface area contributed by atoms with E-state index in [-0.39, 0.29) is 36.9 Å². The number of hydrogen-bond donors (Lipinski definition) is 1. The number of likely N-dealkylation sites (tertiary alicyclic amines) is 1. The lowest BCUT2D eigenvalue weighted by Gasteiger charge is -2.45. The van der Waals surface area contributed by atoms with Crippen LogP contribution in [0.4, 0.5) is 18.3 Å². The monoisotopic (exact) mass is 527 g/mol. The lowest BCUT2D eigenvalue weighted by atomic mass is 9.85. The number of ether oxygens (including phenoxy) is 1. The van der Waals surface area contributed by atoms with Gasteiger partial charge in [0.25, 0.3) is 10.0 Å². The van der Waals surface area contributed by atoms with Crippen molar-refractivity contribution in [3.8, 4) is 5.75 Å². The van der Waals surface area contributed by atoms with E-state index < -0.39 is 28.2 Å². The summed E-state index contributed by atoms with van der Waals surface area (Å²) in [7, 11) is -3.91. The molecular formula is C22H24F3N5O3S2. The third-order valence-corrected chi connectivity index (χ3v) is 8.47. The Labute approximate surface area is 205 Å². The van der Waals surface area contributed by atoms with Crippen LogP contribution in [-0.4, -0.2) is 47.0 Å². The number of halogens is 3. The van der Waals surface area contributed by atoms with E-state index in [0.717, 1.165) is 17.1 Å². The first-order valence-corrected chi connectivity index (χ1v) is 13.3. The number of fused-ring (bicyclic) bond motifs is 1. The van der Waals surface area contributed by atoms with Gasteiger partial charge >= 0.3 is 6.18 Å². The van der Waals surface area contributed by atoms with Crippen LogP contribution in [0, 0.1) is 5.92 Å². The number of benzene rings is 1. The van der Waals surface area contributed by atoms with Crippen LogP contribution >= 0.6 is 11.5 Å². The van der Waals surface area contributed by atoms with Crippen molar-refractivity contribution in [3.63, 3.8) is 0 Å². The predicted octanol–water partition coefficient (Wildman–Crippen LogP) is 4.82. The van der Waals surface area contributed by atoms with E-state index >= 15 is 0 Å². The molecule has 0 bridgehead atoms. The summed E-state index contributed by atoms with van der Waals surface area (Å²) < 4.78 is 78.3. The fourth-order valence-corrected chi connectivity index (χ4v) is 6.45. The first kappa shape index (κ1) is 23.9. The van der Waals surface area contributed by atoms with Gasteiger partial charge in [-0.2, -0.15) is 17.5 Å². The van der Waals surface area contributed by atoms with Crippen molar-refractivity contribution in [1.82, 2.24) is 19.2 Å². The second-order valence-electron chi connectivity index (χ2n) is 8.48. The summed E-state index contributed by atoms with van der Waals surface area (Å²) >= 11 is 0.917. The van der Waals surface area contributed by atoms with Crippen LogP contribution in [0.2, 0.25) is 0 Å². The minimum Gasteiger partial charge on any atom is -0.493 e. The molecule has 0 radical (unpaired) electrons. The molecule has 2 aliphatic rings. The van der Waals surface area contributed by atoms with Crippen molar-refractivity contribution in [3.05, 3.63) is 60.2 Å². The van der Waals surface area contributed by atoms with Crippen molar-refractivity contribution in [1.29, 1.82) is 0 Å². The molecule has 2 aliphatic heterocycles. The Balaban J connectivity index is 0.00000304. The SMILES string of the molecule is O=S(=O)(Nc1ncns1)c1ccc2c(c1)OCC[C@H]2N1CC[C@@H](C(F)(F)F)C[C@H]1c1ccccn1.[HH]. The van der Waals surface area contributed by atoms with Gasteiger partial charge in [-0.25, -0.2) is 13.4 Å². The standard InChI is InChI=1S/C22H22F3N5O3S2.H2/c23-22(24,25)14-6-9-30(19(11-14)17-3-1-2-8-26-17)18-7-10-33-20-12-15(4-5-16(18)20)35(31,32)29-21-27-13-28-34-21;/h1-5,8,12-14,18-19H,6-7,9-11H2,(H,27,28,29);1H/t14-,18-,19+;/m1./s1. The molecule has 3 aromatic rings. The first-order chi connectivity index (χ1) is 16.7. The van der Waals surface area contributed by atoms with E-state index in [1.165, 1.54) is 18.5 Å². The van der Waals surface area contributed by atoms with Crippen LogP contribution in [0.25, 0.3) is 0 Å². The number of nitrogens with zero attached hydrogens (tertiary/aromatic N) is 4. The zero-order valence-corrected chi connectivity index (χ0v) is 20.0. The second kappa shape index (κ2) is 9.36.